The van der Waals surface area contributed by atoms with E-state index < -0.39 is 33.1 Å². The Bertz CT molecular complexity index is 2250. The van der Waals surface area contributed by atoms with Crippen molar-refractivity contribution < 1.29 is 21.6 Å². The Morgan fingerprint density at radius 1 is 1.00 bits per heavy atom. The molecule has 6 rings (SSSR count). The van der Waals surface area contributed by atoms with Crippen molar-refractivity contribution in [2.45, 2.75) is 19.9 Å². The Morgan fingerprint density at radius 2 is 1.77 bits per heavy atom. The maximum Gasteiger partial charge on any atom is 0.229 e. The zero-order chi connectivity index (χ0) is 30.6. The highest BCUT2D eigenvalue weighted by Gasteiger charge is 2.28. The van der Waals surface area contributed by atoms with Crippen LogP contribution in [0.15, 0.2) is 76.2 Å². The molecule has 0 unspecified atom stereocenters. The number of halogens is 2. The molecule has 0 saturated carbocycles. The number of hydrogen-bond acceptors (Lipinski definition) is 8. The van der Waals surface area contributed by atoms with Crippen LogP contribution >= 0.6 is 0 Å². The molecule has 0 amide bonds. The summed E-state index contributed by atoms with van der Waals surface area (Å²) in [5.41, 5.74) is 7.97. The van der Waals surface area contributed by atoms with Crippen LogP contribution in [0.1, 0.15) is 24.3 Å². The monoisotopic (exact) mass is 602 g/mol. The zero-order valence-corrected chi connectivity index (χ0v) is 23.9. The SMILES string of the molecule is Cc1ccc(-c2nn([C@@H](C)c3oc4cccc(F)c4c(=O)c3-c3cccc(F)c3)c3ncnc(N)c23)cc1NS(C)(=O)=O. The van der Waals surface area contributed by atoms with E-state index in [0.29, 0.717) is 33.5 Å². The van der Waals surface area contributed by atoms with Crippen molar-refractivity contribution in [2.75, 3.05) is 16.7 Å². The van der Waals surface area contributed by atoms with Gasteiger partial charge in [-0.3, -0.25) is 9.52 Å². The Hall–Kier alpha value is -5.17. The zero-order valence-electron chi connectivity index (χ0n) is 23.1. The topological polar surface area (TPSA) is 146 Å². The number of nitrogens with zero attached hydrogens (tertiary/aromatic N) is 4. The molecule has 0 aliphatic heterocycles. The summed E-state index contributed by atoms with van der Waals surface area (Å²) in [4.78, 5) is 22.3. The molecule has 0 saturated heterocycles. The van der Waals surface area contributed by atoms with Gasteiger partial charge >= 0.3 is 0 Å². The van der Waals surface area contributed by atoms with Gasteiger partial charge in [-0.25, -0.2) is 31.8 Å². The lowest BCUT2D eigenvalue weighted by molar-refractivity contribution is 0.445. The first-order valence-corrected chi connectivity index (χ1v) is 14.9. The van der Waals surface area contributed by atoms with Crippen LogP contribution in [0.4, 0.5) is 20.3 Å². The Morgan fingerprint density at radius 3 is 2.51 bits per heavy atom. The summed E-state index contributed by atoms with van der Waals surface area (Å²) in [5.74, 6) is -1.16. The number of aromatic nitrogens is 4. The number of hydrogen-bond donors (Lipinski definition) is 2. The number of sulfonamides is 1. The summed E-state index contributed by atoms with van der Waals surface area (Å²) in [6, 6.07) is 13.7. The third-order valence-electron chi connectivity index (χ3n) is 7.08. The Kier molecular flexibility index (Phi) is 6.69. The van der Waals surface area contributed by atoms with E-state index >= 15 is 0 Å². The molecular formula is C30H24F2N6O4S. The summed E-state index contributed by atoms with van der Waals surface area (Å²) in [6.07, 6.45) is 2.31. The lowest BCUT2D eigenvalue weighted by Gasteiger charge is -2.17. The molecule has 0 aliphatic rings. The number of fused-ring (bicyclic) bond motifs is 2. The minimum atomic E-state index is -3.57. The van der Waals surface area contributed by atoms with Crippen LogP contribution in [0, 0.1) is 18.6 Å². The molecule has 0 aliphatic carbocycles. The van der Waals surface area contributed by atoms with E-state index in [1.54, 1.807) is 32.0 Å². The van der Waals surface area contributed by atoms with E-state index in [1.807, 2.05) is 0 Å². The van der Waals surface area contributed by atoms with Crippen LogP contribution in [0.25, 0.3) is 44.4 Å². The average molecular weight is 603 g/mol. The smallest absolute Gasteiger partial charge is 0.229 e. The second kappa shape index (κ2) is 10.3. The Balaban J connectivity index is 1.62. The first kappa shape index (κ1) is 28.0. The molecule has 3 N–H and O–H groups in total. The number of nitrogens with one attached hydrogen (secondary N) is 1. The summed E-state index contributed by atoms with van der Waals surface area (Å²) in [5, 5.41) is 4.91. The lowest BCUT2D eigenvalue weighted by Crippen LogP contribution is -2.17. The molecule has 0 fully saturated rings. The van der Waals surface area contributed by atoms with Gasteiger partial charge in [0.1, 0.15) is 52.2 Å². The van der Waals surface area contributed by atoms with Crippen molar-refractivity contribution in [3.63, 3.8) is 0 Å². The highest BCUT2D eigenvalue weighted by Crippen LogP contribution is 2.37. The van der Waals surface area contributed by atoms with Gasteiger partial charge in [0.2, 0.25) is 15.5 Å². The van der Waals surface area contributed by atoms with Crippen LogP contribution < -0.4 is 15.9 Å². The van der Waals surface area contributed by atoms with Crippen LogP contribution in [0.5, 0.6) is 0 Å². The van der Waals surface area contributed by atoms with Crippen molar-refractivity contribution >= 4 is 43.5 Å². The normalized spacial score (nSPS) is 12.6. The second-order valence-corrected chi connectivity index (χ2v) is 11.9. The van der Waals surface area contributed by atoms with Gasteiger partial charge in [-0.05, 0) is 55.3 Å². The van der Waals surface area contributed by atoms with Crippen LogP contribution in [0.2, 0.25) is 0 Å². The number of benzene rings is 3. The third kappa shape index (κ3) is 4.97. The molecule has 1 atom stereocenters. The third-order valence-corrected chi connectivity index (χ3v) is 7.67. The number of aryl methyl sites for hydroxylation is 1. The summed E-state index contributed by atoms with van der Waals surface area (Å²) in [6.45, 7) is 3.46. The van der Waals surface area contributed by atoms with Gasteiger partial charge < -0.3 is 10.2 Å². The fraction of sp³-hybridized carbons (Fsp3) is 0.133. The lowest BCUT2D eigenvalue weighted by atomic mass is 9.99. The predicted octanol–water partition coefficient (Wildman–Crippen LogP) is 5.42. The van der Waals surface area contributed by atoms with Crippen molar-refractivity contribution in [1.29, 1.82) is 0 Å². The first-order chi connectivity index (χ1) is 20.4. The molecule has 3 aromatic heterocycles. The van der Waals surface area contributed by atoms with Gasteiger partial charge in [0, 0.05) is 5.56 Å². The van der Waals surface area contributed by atoms with Gasteiger partial charge in [-0.1, -0.05) is 30.3 Å². The standard InChI is InChI=1S/C30H24F2N6O4S/c1-15-10-11-18(13-21(15)37-43(3,40)41)26-25-29(33)34-14-35-30(25)38(36-26)16(2)28-23(17-6-4-7-19(31)12-17)27(39)24-20(32)8-5-9-22(24)42-28/h4-14,16,37H,1-3H3,(H2,33,34,35)/t16-/m0/s1. The number of anilines is 2. The number of nitrogens with two attached hydrogens (primary N) is 1. The summed E-state index contributed by atoms with van der Waals surface area (Å²) < 4.78 is 63.3. The van der Waals surface area contributed by atoms with E-state index in [4.69, 9.17) is 15.2 Å². The molecule has 0 bridgehead atoms. The number of nitrogen functional groups attached to an aromatic ring is 1. The van der Waals surface area contributed by atoms with Crippen molar-refractivity contribution in [3.05, 3.63) is 100 Å². The fourth-order valence-electron chi connectivity index (χ4n) is 5.09. The number of rotatable bonds is 6. The molecule has 10 nitrogen and oxygen atoms in total. The quantitative estimate of drug-likeness (QED) is 0.257. The molecule has 218 valence electrons. The van der Waals surface area contributed by atoms with Crippen LogP contribution in [0.3, 0.4) is 0 Å². The van der Waals surface area contributed by atoms with E-state index in [1.165, 1.54) is 47.4 Å². The first-order valence-electron chi connectivity index (χ1n) is 13.0. The van der Waals surface area contributed by atoms with Crippen LogP contribution in [-0.4, -0.2) is 34.4 Å². The van der Waals surface area contributed by atoms with Crippen LogP contribution in [-0.2, 0) is 10.0 Å². The highest BCUT2D eigenvalue weighted by atomic mass is 32.2. The Labute approximate surface area is 243 Å². The van der Waals surface area contributed by atoms with E-state index in [2.05, 4.69) is 14.7 Å². The minimum Gasteiger partial charge on any atom is -0.458 e. The minimum absolute atomic E-state index is 0.00727. The largest absolute Gasteiger partial charge is 0.458 e. The second-order valence-electron chi connectivity index (χ2n) is 10.1. The van der Waals surface area contributed by atoms with Gasteiger partial charge in [0.05, 0.1) is 22.9 Å². The molecular weight excluding hydrogens is 578 g/mol. The summed E-state index contributed by atoms with van der Waals surface area (Å²) >= 11 is 0. The van der Waals surface area contributed by atoms with E-state index in [-0.39, 0.29) is 33.7 Å². The molecule has 6 aromatic rings. The molecule has 0 radical (unpaired) electrons. The van der Waals surface area contributed by atoms with Crippen molar-refractivity contribution in [1.82, 2.24) is 19.7 Å². The molecule has 13 heteroatoms. The van der Waals surface area contributed by atoms with Gasteiger partial charge in [0.25, 0.3) is 0 Å². The van der Waals surface area contributed by atoms with Gasteiger partial charge in [0.15, 0.2) is 5.65 Å². The molecule has 3 aromatic carbocycles. The maximum absolute atomic E-state index is 14.9. The van der Waals surface area contributed by atoms with Crippen molar-refractivity contribution in [3.8, 4) is 22.4 Å². The average Bonchev–Trinajstić information content (AvgIpc) is 3.34. The molecule has 0 spiro atoms. The highest BCUT2D eigenvalue weighted by molar-refractivity contribution is 7.92. The van der Waals surface area contributed by atoms with E-state index in [0.717, 1.165) is 12.3 Å². The molecule has 3 heterocycles. The van der Waals surface area contributed by atoms with E-state index in [9.17, 15) is 22.0 Å². The predicted molar refractivity (Wildman–Crippen MR) is 160 cm³/mol. The maximum atomic E-state index is 14.9. The fourth-order valence-corrected chi connectivity index (χ4v) is 5.70. The van der Waals surface area contributed by atoms with Gasteiger partial charge in [-0.2, -0.15) is 5.10 Å². The molecule has 43 heavy (non-hydrogen) atoms. The van der Waals surface area contributed by atoms with Crippen molar-refractivity contribution in [2.24, 2.45) is 0 Å². The summed E-state index contributed by atoms with van der Waals surface area (Å²) in [7, 11) is -3.57. The van der Waals surface area contributed by atoms with Gasteiger partial charge in [-0.15, -0.1) is 0 Å².